The molecule has 3 heteroatoms. The van der Waals surface area contributed by atoms with Crippen molar-refractivity contribution in [1.82, 2.24) is 0 Å². The first-order chi connectivity index (χ1) is 7.22. The zero-order valence-corrected chi connectivity index (χ0v) is 9.74. The van der Waals surface area contributed by atoms with E-state index < -0.39 is 0 Å². The normalized spacial score (nSPS) is 10.3. The molecule has 2 aromatic rings. The zero-order valence-electron chi connectivity index (χ0n) is 8.16. The highest BCUT2D eigenvalue weighted by Gasteiger charge is 2.08. The summed E-state index contributed by atoms with van der Waals surface area (Å²) in [4.78, 5) is 11.4. The van der Waals surface area contributed by atoms with Crippen LogP contribution in [0.15, 0.2) is 40.9 Å². The quantitative estimate of drug-likeness (QED) is 0.739. The lowest BCUT2D eigenvalue weighted by molar-refractivity contribution is 0.0601. The maximum atomic E-state index is 11.4. The molecule has 0 unspecified atom stereocenters. The Kier molecular flexibility index (Phi) is 2.73. The van der Waals surface area contributed by atoms with E-state index >= 15 is 0 Å². The molecule has 0 aromatic heterocycles. The Morgan fingerprint density at radius 1 is 1.27 bits per heavy atom. The number of carbonyl (C=O) groups excluding carboxylic acids is 1. The van der Waals surface area contributed by atoms with Gasteiger partial charge in [-0.15, -0.1) is 0 Å². The second-order valence-corrected chi connectivity index (χ2v) is 4.03. The third kappa shape index (κ3) is 1.88. The van der Waals surface area contributed by atoms with Gasteiger partial charge in [-0.05, 0) is 22.9 Å². The fraction of sp³-hybridized carbons (Fsp3) is 0.0833. The van der Waals surface area contributed by atoms with Gasteiger partial charge in [0.1, 0.15) is 0 Å². The van der Waals surface area contributed by atoms with Crippen LogP contribution in [-0.4, -0.2) is 13.1 Å². The topological polar surface area (TPSA) is 26.3 Å². The summed E-state index contributed by atoms with van der Waals surface area (Å²) in [5.74, 6) is -0.318. The van der Waals surface area contributed by atoms with Crippen molar-refractivity contribution in [2.75, 3.05) is 7.11 Å². The Labute approximate surface area is 96.0 Å². The van der Waals surface area contributed by atoms with Crippen molar-refractivity contribution >= 4 is 32.7 Å². The first-order valence-corrected chi connectivity index (χ1v) is 5.28. The largest absolute Gasteiger partial charge is 0.465 e. The number of benzene rings is 2. The molecule has 0 spiro atoms. The fourth-order valence-corrected chi connectivity index (χ4v) is 2.11. The predicted octanol–water partition coefficient (Wildman–Crippen LogP) is 3.39. The van der Waals surface area contributed by atoms with Crippen LogP contribution in [0.25, 0.3) is 10.8 Å². The van der Waals surface area contributed by atoms with Gasteiger partial charge in [0.25, 0.3) is 0 Å². The van der Waals surface area contributed by atoms with Crippen LogP contribution in [0.2, 0.25) is 0 Å². The number of hydrogen-bond donors (Lipinski definition) is 0. The van der Waals surface area contributed by atoms with Gasteiger partial charge in [0, 0.05) is 4.47 Å². The Balaban J connectivity index is 2.67. The van der Waals surface area contributed by atoms with Crippen LogP contribution in [0.1, 0.15) is 10.4 Å². The molecule has 0 N–H and O–H groups in total. The molecule has 0 aliphatic carbocycles. The van der Waals surface area contributed by atoms with Gasteiger partial charge < -0.3 is 4.74 Å². The lowest BCUT2D eigenvalue weighted by atomic mass is 10.1. The van der Waals surface area contributed by atoms with Crippen LogP contribution in [0.5, 0.6) is 0 Å². The van der Waals surface area contributed by atoms with Crippen LogP contribution < -0.4 is 0 Å². The minimum atomic E-state index is -0.318. The van der Waals surface area contributed by atoms with Crippen molar-refractivity contribution in [2.24, 2.45) is 0 Å². The van der Waals surface area contributed by atoms with Crippen LogP contribution >= 0.6 is 15.9 Å². The molecular formula is C12H9BrO2. The molecule has 0 fully saturated rings. The van der Waals surface area contributed by atoms with Crippen LogP contribution in [0.3, 0.4) is 0 Å². The number of hydrogen-bond acceptors (Lipinski definition) is 2. The molecule has 15 heavy (non-hydrogen) atoms. The summed E-state index contributed by atoms with van der Waals surface area (Å²) in [6.45, 7) is 0. The Bertz CT molecular complexity index is 520. The van der Waals surface area contributed by atoms with Gasteiger partial charge in [0.15, 0.2) is 0 Å². The maximum Gasteiger partial charge on any atom is 0.337 e. The van der Waals surface area contributed by atoms with Crippen molar-refractivity contribution in [1.29, 1.82) is 0 Å². The first-order valence-electron chi connectivity index (χ1n) is 4.49. The van der Waals surface area contributed by atoms with Crippen molar-refractivity contribution in [3.63, 3.8) is 0 Å². The van der Waals surface area contributed by atoms with Crippen LogP contribution in [0.4, 0.5) is 0 Å². The fourth-order valence-electron chi connectivity index (χ4n) is 1.50. The average molecular weight is 265 g/mol. The Morgan fingerprint density at radius 2 is 2.00 bits per heavy atom. The van der Waals surface area contributed by atoms with Gasteiger partial charge >= 0.3 is 5.97 Å². The highest BCUT2D eigenvalue weighted by atomic mass is 79.9. The highest BCUT2D eigenvalue weighted by molar-refractivity contribution is 9.10. The SMILES string of the molecule is COC(=O)c1cc(Br)c2ccccc2c1. The van der Waals surface area contributed by atoms with E-state index in [1.165, 1.54) is 7.11 Å². The minimum Gasteiger partial charge on any atom is -0.465 e. The van der Waals surface area contributed by atoms with E-state index in [0.717, 1.165) is 15.2 Å². The molecule has 0 aliphatic rings. The molecule has 2 aromatic carbocycles. The third-order valence-electron chi connectivity index (χ3n) is 2.23. The molecule has 0 amide bonds. The summed E-state index contributed by atoms with van der Waals surface area (Å²) in [5, 5.41) is 2.11. The monoisotopic (exact) mass is 264 g/mol. The lowest BCUT2D eigenvalue weighted by Crippen LogP contribution is -2.00. The lowest BCUT2D eigenvalue weighted by Gasteiger charge is -2.04. The third-order valence-corrected chi connectivity index (χ3v) is 2.89. The van der Waals surface area contributed by atoms with Crippen LogP contribution in [-0.2, 0) is 4.74 Å². The molecule has 2 nitrogen and oxygen atoms in total. The molecule has 0 saturated carbocycles. The molecule has 2 rings (SSSR count). The summed E-state index contributed by atoms with van der Waals surface area (Å²) in [6.07, 6.45) is 0. The summed E-state index contributed by atoms with van der Waals surface area (Å²) >= 11 is 3.44. The minimum absolute atomic E-state index is 0.318. The Hall–Kier alpha value is -1.35. The summed E-state index contributed by atoms with van der Waals surface area (Å²) in [6, 6.07) is 11.5. The average Bonchev–Trinajstić information content (AvgIpc) is 2.28. The van der Waals surface area contributed by atoms with Gasteiger partial charge in [0.05, 0.1) is 12.7 Å². The van der Waals surface area contributed by atoms with Crippen molar-refractivity contribution < 1.29 is 9.53 Å². The molecule has 0 aliphatic heterocycles. The molecule has 0 atom stereocenters. The summed E-state index contributed by atoms with van der Waals surface area (Å²) < 4.78 is 5.58. The van der Waals surface area contributed by atoms with Crippen LogP contribution in [0, 0.1) is 0 Å². The highest BCUT2D eigenvalue weighted by Crippen LogP contribution is 2.25. The molecule has 0 heterocycles. The molecule has 0 bridgehead atoms. The second kappa shape index (κ2) is 4.03. The van der Waals surface area contributed by atoms with Gasteiger partial charge in [-0.1, -0.05) is 40.2 Å². The predicted molar refractivity (Wildman–Crippen MR) is 63.0 cm³/mol. The number of rotatable bonds is 1. The van der Waals surface area contributed by atoms with Gasteiger partial charge in [-0.2, -0.15) is 0 Å². The smallest absolute Gasteiger partial charge is 0.337 e. The number of fused-ring (bicyclic) bond motifs is 1. The van der Waals surface area contributed by atoms with Gasteiger partial charge in [-0.25, -0.2) is 4.79 Å². The van der Waals surface area contributed by atoms with Gasteiger partial charge in [0.2, 0.25) is 0 Å². The Morgan fingerprint density at radius 3 is 2.73 bits per heavy atom. The van der Waals surface area contributed by atoms with E-state index in [1.807, 2.05) is 30.3 Å². The number of esters is 1. The first kappa shape index (κ1) is 10.2. The van der Waals surface area contributed by atoms with E-state index in [0.29, 0.717) is 5.56 Å². The van der Waals surface area contributed by atoms with Gasteiger partial charge in [-0.3, -0.25) is 0 Å². The molecule has 76 valence electrons. The van der Waals surface area contributed by atoms with E-state index in [4.69, 9.17) is 0 Å². The van der Waals surface area contributed by atoms with Crippen molar-refractivity contribution in [3.05, 3.63) is 46.4 Å². The van der Waals surface area contributed by atoms with E-state index in [2.05, 4.69) is 20.7 Å². The van der Waals surface area contributed by atoms with E-state index in [1.54, 1.807) is 6.07 Å². The number of methoxy groups -OCH3 is 1. The van der Waals surface area contributed by atoms with E-state index in [9.17, 15) is 4.79 Å². The van der Waals surface area contributed by atoms with E-state index in [-0.39, 0.29) is 5.97 Å². The van der Waals surface area contributed by atoms with Crippen molar-refractivity contribution in [3.8, 4) is 0 Å². The summed E-state index contributed by atoms with van der Waals surface area (Å²) in [7, 11) is 1.38. The number of halogens is 1. The van der Waals surface area contributed by atoms with Crippen molar-refractivity contribution in [2.45, 2.75) is 0 Å². The maximum absolute atomic E-state index is 11.4. The number of ether oxygens (including phenoxy) is 1. The molecule has 0 saturated heterocycles. The zero-order chi connectivity index (χ0) is 10.8. The standard InChI is InChI=1S/C12H9BrO2/c1-15-12(14)9-6-8-4-2-3-5-10(8)11(13)7-9/h2-7H,1H3. The number of carbonyl (C=O) groups is 1. The summed E-state index contributed by atoms with van der Waals surface area (Å²) in [5.41, 5.74) is 0.558. The molecular weight excluding hydrogens is 256 g/mol. The molecule has 0 radical (unpaired) electrons. The second-order valence-electron chi connectivity index (χ2n) is 3.17.